The van der Waals surface area contributed by atoms with Crippen molar-refractivity contribution < 1.29 is 4.79 Å². The van der Waals surface area contributed by atoms with Crippen LogP contribution in [0.25, 0.3) is 0 Å². The Morgan fingerprint density at radius 2 is 1.93 bits per heavy atom. The number of rotatable bonds is 4. The Bertz CT molecular complexity index is 184. The molecule has 3 nitrogen and oxygen atoms in total. The zero-order valence-corrected chi connectivity index (χ0v) is 9.25. The van der Waals surface area contributed by atoms with Gasteiger partial charge in [0.1, 0.15) is 0 Å². The van der Waals surface area contributed by atoms with E-state index in [2.05, 4.69) is 19.2 Å². The van der Waals surface area contributed by atoms with Gasteiger partial charge < -0.3 is 11.1 Å². The fraction of sp³-hybridized carbons (Fsp3) is 0.909. The van der Waals surface area contributed by atoms with Gasteiger partial charge in [-0.3, -0.25) is 4.79 Å². The zero-order chi connectivity index (χ0) is 10.6. The smallest absolute Gasteiger partial charge is 0.220 e. The van der Waals surface area contributed by atoms with Gasteiger partial charge in [0.25, 0.3) is 0 Å². The van der Waals surface area contributed by atoms with Crippen LogP contribution in [0.1, 0.15) is 39.5 Å². The van der Waals surface area contributed by atoms with Crippen molar-refractivity contribution in [1.29, 1.82) is 0 Å². The van der Waals surface area contributed by atoms with Crippen LogP contribution in [0.3, 0.4) is 0 Å². The van der Waals surface area contributed by atoms with Crippen LogP contribution in [-0.4, -0.2) is 18.5 Å². The number of hydrogen-bond acceptors (Lipinski definition) is 2. The van der Waals surface area contributed by atoms with Gasteiger partial charge in [0, 0.05) is 12.0 Å². The van der Waals surface area contributed by atoms with E-state index in [1.165, 1.54) is 0 Å². The van der Waals surface area contributed by atoms with Crippen LogP contribution in [-0.2, 0) is 4.79 Å². The highest BCUT2D eigenvalue weighted by Crippen LogP contribution is 2.27. The van der Waals surface area contributed by atoms with Crippen molar-refractivity contribution in [1.82, 2.24) is 5.32 Å². The molecule has 1 saturated carbocycles. The Morgan fingerprint density at radius 1 is 1.36 bits per heavy atom. The molecule has 0 unspecified atom stereocenters. The Morgan fingerprint density at radius 3 is 2.36 bits per heavy atom. The van der Waals surface area contributed by atoms with E-state index in [-0.39, 0.29) is 11.8 Å². The Labute approximate surface area is 86.4 Å². The summed E-state index contributed by atoms with van der Waals surface area (Å²) in [5.74, 6) is 0.776. The third kappa shape index (κ3) is 3.66. The summed E-state index contributed by atoms with van der Waals surface area (Å²) < 4.78 is 0. The quantitative estimate of drug-likeness (QED) is 0.715. The average molecular weight is 198 g/mol. The molecule has 3 N–H and O–H groups in total. The van der Waals surface area contributed by atoms with Crippen molar-refractivity contribution in [2.24, 2.45) is 17.6 Å². The van der Waals surface area contributed by atoms with Crippen molar-refractivity contribution in [3.05, 3.63) is 0 Å². The first-order valence-corrected chi connectivity index (χ1v) is 5.62. The maximum Gasteiger partial charge on any atom is 0.220 e. The fourth-order valence-electron chi connectivity index (χ4n) is 2.05. The Kier molecular flexibility index (Phi) is 4.39. The monoisotopic (exact) mass is 198 g/mol. The van der Waals surface area contributed by atoms with Gasteiger partial charge in [0.2, 0.25) is 5.91 Å². The molecule has 0 saturated heterocycles. The molecule has 0 aromatic rings. The summed E-state index contributed by atoms with van der Waals surface area (Å²) in [6.07, 6.45) is 4.26. The van der Waals surface area contributed by atoms with Crippen molar-refractivity contribution >= 4 is 5.91 Å². The highest BCUT2D eigenvalue weighted by Gasteiger charge is 2.24. The second kappa shape index (κ2) is 5.35. The molecule has 82 valence electrons. The Balaban J connectivity index is 2.19. The fourth-order valence-corrected chi connectivity index (χ4v) is 2.05. The largest absolute Gasteiger partial charge is 0.369 e. The highest BCUT2D eigenvalue weighted by molar-refractivity contribution is 5.76. The van der Waals surface area contributed by atoms with Crippen LogP contribution in [0.4, 0.5) is 0 Å². The minimum absolute atomic E-state index is 0.111. The molecule has 0 aromatic carbocycles. The van der Waals surface area contributed by atoms with E-state index in [1.54, 1.807) is 0 Å². The van der Waals surface area contributed by atoms with E-state index < -0.39 is 0 Å². The third-order valence-corrected chi connectivity index (χ3v) is 3.06. The summed E-state index contributed by atoms with van der Waals surface area (Å²) in [5.41, 5.74) is 5.28. The van der Waals surface area contributed by atoms with Gasteiger partial charge in [0.15, 0.2) is 0 Å². The first-order chi connectivity index (χ1) is 6.59. The summed E-state index contributed by atoms with van der Waals surface area (Å²) >= 11 is 0. The normalized spacial score (nSPS) is 27.9. The predicted octanol–water partition coefficient (Wildman–Crippen LogP) is 1.28. The molecule has 14 heavy (non-hydrogen) atoms. The topological polar surface area (TPSA) is 55.1 Å². The SMILES string of the molecule is CC(C)NCC1CCC(C(N)=O)CC1. The van der Waals surface area contributed by atoms with Crippen molar-refractivity contribution in [2.75, 3.05) is 6.54 Å². The van der Waals surface area contributed by atoms with Crippen LogP contribution in [0, 0.1) is 11.8 Å². The van der Waals surface area contributed by atoms with E-state index >= 15 is 0 Å². The lowest BCUT2D eigenvalue weighted by Crippen LogP contribution is -2.33. The number of nitrogens with one attached hydrogen (secondary N) is 1. The third-order valence-electron chi connectivity index (χ3n) is 3.06. The standard InChI is InChI=1S/C11H22N2O/c1-8(2)13-7-9-3-5-10(6-4-9)11(12)14/h8-10,13H,3-7H2,1-2H3,(H2,12,14). The van der Waals surface area contributed by atoms with Crippen molar-refractivity contribution in [3.63, 3.8) is 0 Å². The lowest BCUT2D eigenvalue weighted by Gasteiger charge is -2.27. The summed E-state index contributed by atoms with van der Waals surface area (Å²) in [5, 5.41) is 3.44. The number of amides is 1. The first kappa shape index (κ1) is 11.5. The number of nitrogens with two attached hydrogens (primary N) is 1. The molecule has 0 aromatic heterocycles. The summed E-state index contributed by atoms with van der Waals surface area (Å²) in [4.78, 5) is 10.9. The number of primary amides is 1. The molecule has 1 aliphatic rings. The number of carbonyl (C=O) groups excluding carboxylic acids is 1. The maximum absolute atomic E-state index is 10.9. The number of hydrogen-bond donors (Lipinski definition) is 2. The summed E-state index contributed by atoms with van der Waals surface area (Å²) in [6, 6.07) is 0.559. The molecule has 1 aliphatic carbocycles. The average Bonchev–Trinajstić information content (AvgIpc) is 2.15. The second-order valence-corrected chi connectivity index (χ2v) is 4.68. The molecule has 3 heteroatoms. The van der Waals surface area contributed by atoms with Crippen molar-refractivity contribution in [3.8, 4) is 0 Å². The molecule has 1 rings (SSSR count). The molecule has 1 amide bonds. The molecular formula is C11H22N2O. The molecule has 0 atom stereocenters. The van der Waals surface area contributed by atoms with E-state index in [9.17, 15) is 4.79 Å². The van der Waals surface area contributed by atoms with Gasteiger partial charge in [0.05, 0.1) is 0 Å². The lowest BCUT2D eigenvalue weighted by atomic mass is 9.81. The Hall–Kier alpha value is -0.570. The molecule has 1 fully saturated rings. The number of carbonyl (C=O) groups is 1. The van der Waals surface area contributed by atoms with Crippen LogP contribution < -0.4 is 11.1 Å². The minimum atomic E-state index is -0.111. The van der Waals surface area contributed by atoms with E-state index in [4.69, 9.17) is 5.73 Å². The minimum Gasteiger partial charge on any atom is -0.369 e. The molecule has 0 bridgehead atoms. The van der Waals surface area contributed by atoms with E-state index in [0.717, 1.165) is 38.1 Å². The first-order valence-electron chi connectivity index (χ1n) is 5.62. The van der Waals surface area contributed by atoms with Crippen LogP contribution >= 0.6 is 0 Å². The molecule has 0 heterocycles. The van der Waals surface area contributed by atoms with E-state index in [0.29, 0.717) is 6.04 Å². The highest BCUT2D eigenvalue weighted by atomic mass is 16.1. The second-order valence-electron chi connectivity index (χ2n) is 4.68. The molecular weight excluding hydrogens is 176 g/mol. The van der Waals surface area contributed by atoms with Gasteiger partial charge in [-0.05, 0) is 38.1 Å². The van der Waals surface area contributed by atoms with Crippen LogP contribution in [0.15, 0.2) is 0 Å². The predicted molar refractivity (Wildman–Crippen MR) is 57.8 cm³/mol. The van der Waals surface area contributed by atoms with Crippen LogP contribution in [0.5, 0.6) is 0 Å². The van der Waals surface area contributed by atoms with Gasteiger partial charge >= 0.3 is 0 Å². The van der Waals surface area contributed by atoms with Gasteiger partial charge in [-0.2, -0.15) is 0 Å². The van der Waals surface area contributed by atoms with Gasteiger partial charge in [-0.25, -0.2) is 0 Å². The lowest BCUT2D eigenvalue weighted by molar-refractivity contribution is -0.122. The van der Waals surface area contributed by atoms with Crippen LogP contribution in [0.2, 0.25) is 0 Å². The van der Waals surface area contributed by atoms with Gasteiger partial charge in [-0.15, -0.1) is 0 Å². The van der Waals surface area contributed by atoms with Gasteiger partial charge in [-0.1, -0.05) is 13.8 Å². The molecule has 0 spiro atoms. The summed E-state index contributed by atoms with van der Waals surface area (Å²) in [6.45, 7) is 5.41. The molecule has 0 radical (unpaired) electrons. The molecule has 0 aliphatic heterocycles. The van der Waals surface area contributed by atoms with Crippen molar-refractivity contribution in [2.45, 2.75) is 45.6 Å². The maximum atomic E-state index is 10.9. The summed E-state index contributed by atoms with van der Waals surface area (Å²) in [7, 11) is 0. The van der Waals surface area contributed by atoms with E-state index in [1.807, 2.05) is 0 Å². The zero-order valence-electron chi connectivity index (χ0n) is 9.25.